The molecule has 4 rings (SSSR count). The largest absolute Gasteiger partial charge is 0.300 e. The van der Waals surface area contributed by atoms with Crippen LogP contribution >= 0.6 is 0 Å². The number of hydrogen-bond acceptors (Lipinski definition) is 3. The van der Waals surface area contributed by atoms with E-state index in [0.29, 0.717) is 24.4 Å². The molecule has 2 saturated heterocycles. The summed E-state index contributed by atoms with van der Waals surface area (Å²) in [5.74, 6) is 0.828. The van der Waals surface area contributed by atoms with Crippen molar-refractivity contribution in [3.05, 3.63) is 35.4 Å². The molecule has 2 aliphatic heterocycles. The van der Waals surface area contributed by atoms with Crippen LogP contribution in [0, 0.1) is 18.8 Å². The predicted octanol–water partition coefficient (Wildman–Crippen LogP) is 3.04. The van der Waals surface area contributed by atoms with Gasteiger partial charge < -0.3 is 0 Å². The molecule has 0 N–H and O–H groups in total. The molecule has 3 fully saturated rings. The summed E-state index contributed by atoms with van der Waals surface area (Å²) in [5.41, 5.74) is 2.37. The molecule has 1 aliphatic carbocycles. The van der Waals surface area contributed by atoms with E-state index in [1.54, 1.807) is 18.4 Å². The molecule has 150 valence electrons. The summed E-state index contributed by atoms with van der Waals surface area (Å²) in [6.07, 6.45) is 6.69. The summed E-state index contributed by atoms with van der Waals surface area (Å²) in [5, 5.41) is 0. The number of nitrogens with zero attached hydrogens (tertiary/aromatic N) is 3. The normalized spacial score (nSPS) is 30.9. The third kappa shape index (κ3) is 3.46. The fraction of sp³-hybridized carbons (Fsp3) is 0.714. The van der Waals surface area contributed by atoms with Crippen LogP contribution in [0.1, 0.15) is 49.3 Å². The van der Waals surface area contributed by atoms with Gasteiger partial charge >= 0.3 is 0 Å². The maximum absolute atomic E-state index is 13.1. The molecule has 6 heteroatoms. The Labute approximate surface area is 164 Å². The molecule has 2 heterocycles. The smallest absolute Gasteiger partial charge is 0.282 e. The standard InChI is InChI=1S/C21H33N3O2S/c1-16-9-7-8-12-19(16)21-20-15-23(18-10-5-4-6-11-18)13-17(20)14-24(21)27(25,26)22(2)3/h7-9,12,17-18,20-21H,4-6,10-11,13-15H2,1-3H3/t17-,20-,21+/m0/s1. The fourth-order valence-electron chi connectivity index (χ4n) is 5.54. The Hall–Kier alpha value is -0.950. The average molecular weight is 392 g/mol. The highest BCUT2D eigenvalue weighted by molar-refractivity contribution is 7.86. The summed E-state index contributed by atoms with van der Waals surface area (Å²) >= 11 is 0. The van der Waals surface area contributed by atoms with Gasteiger partial charge in [0.2, 0.25) is 0 Å². The van der Waals surface area contributed by atoms with Crippen LogP contribution in [0.2, 0.25) is 0 Å². The molecule has 1 aromatic carbocycles. The second kappa shape index (κ2) is 7.47. The first-order valence-electron chi connectivity index (χ1n) is 10.4. The van der Waals surface area contributed by atoms with Crippen molar-refractivity contribution in [2.75, 3.05) is 33.7 Å². The first-order chi connectivity index (χ1) is 12.9. The number of rotatable bonds is 4. The average Bonchev–Trinajstić information content (AvgIpc) is 3.21. The van der Waals surface area contributed by atoms with Crippen molar-refractivity contribution in [3.8, 4) is 0 Å². The van der Waals surface area contributed by atoms with Gasteiger partial charge in [0.25, 0.3) is 10.2 Å². The lowest BCUT2D eigenvalue weighted by Gasteiger charge is -2.35. The van der Waals surface area contributed by atoms with Crippen LogP contribution in [0.3, 0.4) is 0 Å². The van der Waals surface area contributed by atoms with E-state index < -0.39 is 10.2 Å². The number of hydrogen-bond donors (Lipinski definition) is 0. The minimum absolute atomic E-state index is 0.0443. The van der Waals surface area contributed by atoms with Gasteiger partial charge in [-0.1, -0.05) is 43.5 Å². The fourth-order valence-corrected chi connectivity index (χ4v) is 6.89. The Morgan fingerprint density at radius 3 is 2.37 bits per heavy atom. The SMILES string of the molecule is Cc1ccccc1[C@@H]1[C@H]2CN(C3CCCCC3)C[C@H]2CN1S(=O)(=O)N(C)C. The molecule has 0 unspecified atom stereocenters. The van der Waals surface area contributed by atoms with Crippen LogP contribution in [0.25, 0.3) is 0 Å². The van der Waals surface area contributed by atoms with Crippen molar-refractivity contribution in [2.24, 2.45) is 11.8 Å². The van der Waals surface area contributed by atoms with Gasteiger partial charge in [-0.05, 0) is 42.7 Å². The molecular formula is C21H33N3O2S. The van der Waals surface area contributed by atoms with Gasteiger partial charge in [-0.2, -0.15) is 17.0 Å². The lowest BCUT2D eigenvalue weighted by Crippen LogP contribution is -2.43. The minimum atomic E-state index is -3.43. The van der Waals surface area contributed by atoms with Crippen molar-refractivity contribution in [2.45, 2.75) is 51.1 Å². The van der Waals surface area contributed by atoms with Crippen LogP contribution in [0.4, 0.5) is 0 Å². The van der Waals surface area contributed by atoms with Crippen LogP contribution in [0.5, 0.6) is 0 Å². The minimum Gasteiger partial charge on any atom is -0.300 e. The van der Waals surface area contributed by atoms with E-state index >= 15 is 0 Å². The number of likely N-dealkylation sites (tertiary alicyclic amines) is 1. The molecule has 3 aliphatic rings. The Morgan fingerprint density at radius 1 is 1.00 bits per heavy atom. The van der Waals surface area contributed by atoms with E-state index in [-0.39, 0.29) is 6.04 Å². The molecule has 0 aromatic heterocycles. The van der Waals surface area contributed by atoms with Gasteiger partial charge in [0.1, 0.15) is 0 Å². The molecule has 0 bridgehead atoms. The zero-order valence-corrected chi connectivity index (χ0v) is 17.7. The van der Waals surface area contributed by atoms with E-state index in [4.69, 9.17) is 0 Å². The molecule has 0 spiro atoms. The summed E-state index contributed by atoms with van der Waals surface area (Å²) in [6, 6.07) is 8.99. The topological polar surface area (TPSA) is 43.9 Å². The number of fused-ring (bicyclic) bond motifs is 1. The van der Waals surface area contributed by atoms with Gasteiger partial charge in [-0.15, -0.1) is 0 Å². The Kier molecular flexibility index (Phi) is 5.36. The number of benzene rings is 1. The highest BCUT2D eigenvalue weighted by Gasteiger charge is 2.52. The van der Waals surface area contributed by atoms with Crippen molar-refractivity contribution in [3.63, 3.8) is 0 Å². The van der Waals surface area contributed by atoms with Crippen molar-refractivity contribution in [1.29, 1.82) is 0 Å². The van der Waals surface area contributed by atoms with Crippen molar-refractivity contribution < 1.29 is 8.42 Å². The molecule has 0 amide bonds. The van der Waals surface area contributed by atoms with Crippen molar-refractivity contribution in [1.82, 2.24) is 13.5 Å². The quantitative estimate of drug-likeness (QED) is 0.792. The molecule has 0 radical (unpaired) electrons. The first-order valence-corrected chi connectivity index (χ1v) is 11.8. The maximum Gasteiger partial charge on any atom is 0.282 e. The summed E-state index contributed by atoms with van der Waals surface area (Å²) in [4.78, 5) is 2.68. The molecule has 1 saturated carbocycles. The van der Waals surface area contributed by atoms with Crippen LogP contribution < -0.4 is 0 Å². The molecule has 5 nitrogen and oxygen atoms in total. The van der Waals surface area contributed by atoms with Crippen molar-refractivity contribution >= 4 is 10.2 Å². The van der Waals surface area contributed by atoms with Gasteiger partial charge in [-0.3, -0.25) is 4.90 Å². The predicted molar refractivity (Wildman–Crippen MR) is 109 cm³/mol. The Morgan fingerprint density at radius 2 is 1.70 bits per heavy atom. The van der Waals surface area contributed by atoms with Gasteiger partial charge in [-0.25, -0.2) is 0 Å². The third-order valence-electron chi connectivity index (χ3n) is 7.01. The highest BCUT2D eigenvalue weighted by atomic mass is 32.2. The second-order valence-corrected chi connectivity index (χ2v) is 10.9. The zero-order valence-electron chi connectivity index (χ0n) is 16.8. The Balaban J connectivity index is 1.65. The lowest BCUT2D eigenvalue weighted by atomic mass is 9.88. The highest BCUT2D eigenvalue weighted by Crippen LogP contribution is 2.48. The third-order valence-corrected chi connectivity index (χ3v) is 8.90. The van der Waals surface area contributed by atoms with Gasteiger partial charge in [0.15, 0.2) is 0 Å². The molecule has 27 heavy (non-hydrogen) atoms. The van der Waals surface area contributed by atoms with Crippen LogP contribution in [-0.4, -0.2) is 61.7 Å². The molecular weight excluding hydrogens is 358 g/mol. The van der Waals surface area contributed by atoms with Crippen LogP contribution in [0.15, 0.2) is 24.3 Å². The Bertz CT molecular complexity index is 773. The lowest BCUT2D eigenvalue weighted by molar-refractivity contribution is 0.166. The van der Waals surface area contributed by atoms with E-state index in [2.05, 4.69) is 24.0 Å². The summed E-state index contributed by atoms with van der Waals surface area (Å²) in [6.45, 7) is 4.84. The van der Waals surface area contributed by atoms with E-state index in [9.17, 15) is 8.42 Å². The summed E-state index contributed by atoms with van der Waals surface area (Å²) < 4.78 is 29.3. The van der Waals surface area contributed by atoms with E-state index in [0.717, 1.165) is 13.1 Å². The van der Waals surface area contributed by atoms with Crippen LogP contribution in [-0.2, 0) is 10.2 Å². The molecule has 3 atom stereocenters. The van der Waals surface area contributed by atoms with E-state index in [1.165, 1.54) is 47.5 Å². The monoisotopic (exact) mass is 391 g/mol. The van der Waals surface area contributed by atoms with Gasteiger partial charge in [0.05, 0.1) is 6.04 Å². The summed E-state index contributed by atoms with van der Waals surface area (Å²) in [7, 11) is -0.136. The second-order valence-electron chi connectivity index (χ2n) is 8.83. The van der Waals surface area contributed by atoms with Gasteiger partial charge in [0, 0.05) is 39.8 Å². The molecule has 1 aromatic rings. The number of aryl methyl sites for hydroxylation is 1. The van der Waals surface area contributed by atoms with E-state index in [1.807, 2.05) is 12.1 Å². The zero-order chi connectivity index (χ0) is 19.2. The maximum atomic E-state index is 13.1. The first kappa shape index (κ1) is 19.4.